The van der Waals surface area contributed by atoms with Gasteiger partial charge in [0.1, 0.15) is 0 Å². The topological polar surface area (TPSA) is 36.4 Å². The molecule has 4 nitrogen and oxygen atoms in total. The third kappa shape index (κ3) is 4.13. The molecule has 0 bridgehead atoms. The fourth-order valence-electron chi connectivity index (χ4n) is 3.08. The molecular weight excluding hydrogens is 382 g/mol. The van der Waals surface area contributed by atoms with E-state index in [1.165, 1.54) is 0 Å². The zero-order valence-corrected chi connectivity index (χ0v) is 16.3. The van der Waals surface area contributed by atoms with Crippen LogP contribution in [-0.2, 0) is 0 Å². The van der Waals surface area contributed by atoms with Crippen LogP contribution in [0.3, 0.4) is 0 Å². The molecule has 0 N–H and O–H groups in total. The highest BCUT2D eigenvalue weighted by atomic mass is 35.5. The van der Waals surface area contributed by atoms with Crippen molar-refractivity contribution in [2.24, 2.45) is 0 Å². The molecule has 0 fully saturated rings. The van der Waals surface area contributed by atoms with Gasteiger partial charge >= 0.3 is 6.03 Å². The van der Waals surface area contributed by atoms with E-state index in [2.05, 4.69) is 4.98 Å². The molecular formula is C24H18ClN3O. The number of benzene rings is 3. The number of hydrogen-bond acceptors (Lipinski definition) is 2. The normalized spacial score (nSPS) is 10.4. The second-order valence-corrected chi connectivity index (χ2v) is 6.74. The lowest BCUT2D eigenvalue weighted by Gasteiger charge is -2.31. The smallest absolute Gasteiger partial charge is 0.265 e. The van der Waals surface area contributed by atoms with Gasteiger partial charge in [-0.2, -0.15) is 0 Å². The lowest BCUT2D eigenvalue weighted by atomic mass is 10.2. The van der Waals surface area contributed by atoms with E-state index in [9.17, 15) is 4.79 Å². The van der Waals surface area contributed by atoms with Crippen LogP contribution in [-0.4, -0.2) is 11.0 Å². The van der Waals surface area contributed by atoms with Gasteiger partial charge in [0.25, 0.3) is 0 Å². The van der Waals surface area contributed by atoms with Gasteiger partial charge in [-0.15, -0.1) is 0 Å². The number of para-hydroxylation sites is 2. The summed E-state index contributed by atoms with van der Waals surface area (Å²) in [5, 5.41) is 0.610. The first-order valence-electron chi connectivity index (χ1n) is 9.14. The van der Waals surface area contributed by atoms with Crippen LogP contribution in [0.15, 0.2) is 109 Å². The lowest BCUT2D eigenvalue weighted by Crippen LogP contribution is -2.38. The van der Waals surface area contributed by atoms with Gasteiger partial charge in [-0.05, 0) is 60.7 Å². The molecule has 0 saturated carbocycles. The summed E-state index contributed by atoms with van der Waals surface area (Å²) in [7, 11) is 0. The average molecular weight is 400 g/mol. The number of anilines is 4. The van der Waals surface area contributed by atoms with Crippen LogP contribution in [0, 0.1) is 0 Å². The Balaban J connectivity index is 1.85. The predicted octanol–water partition coefficient (Wildman–Crippen LogP) is 6.83. The largest absolute Gasteiger partial charge is 0.338 e. The lowest BCUT2D eigenvalue weighted by molar-refractivity contribution is 0.255. The van der Waals surface area contributed by atoms with Gasteiger partial charge in [-0.25, -0.2) is 4.79 Å². The van der Waals surface area contributed by atoms with Crippen molar-refractivity contribution in [1.29, 1.82) is 0 Å². The number of aromatic nitrogens is 1. The van der Waals surface area contributed by atoms with Gasteiger partial charge in [0, 0.05) is 17.4 Å². The molecule has 1 aromatic heterocycles. The summed E-state index contributed by atoms with van der Waals surface area (Å²) in [4.78, 5) is 21.4. The van der Waals surface area contributed by atoms with Gasteiger partial charge in [-0.3, -0.25) is 14.8 Å². The average Bonchev–Trinajstić information content (AvgIpc) is 2.78. The Morgan fingerprint density at radius 1 is 0.586 bits per heavy atom. The van der Waals surface area contributed by atoms with Crippen molar-refractivity contribution >= 4 is 40.4 Å². The Morgan fingerprint density at radius 2 is 1.00 bits per heavy atom. The van der Waals surface area contributed by atoms with Crippen molar-refractivity contribution < 1.29 is 4.79 Å². The summed E-state index contributed by atoms with van der Waals surface area (Å²) in [5.41, 5.74) is 2.97. The highest BCUT2D eigenvalue weighted by Crippen LogP contribution is 2.33. The van der Waals surface area contributed by atoms with Crippen LogP contribution >= 0.6 is 11.6 Å². The van der Waals surface area contributed by atoms with Crippen molar-refractivity contribution in [3.05, 3.63) is 114 Å². The van der Waals surface area contributed by atoms with Crippen LogP contribution < -0.4 is 9.80 Å². The third-order valence-electron chi connectivity index (χ3n) is 4.42. The zero-order valence-electron chi connectivity index (χ0n) is 15.5. The molecule has 0 atom stereocenters. The van der Waals surface area contributed by atoms with Gasteiger partial charge < -0.3 is 0 Å². The number of pyridine rings is 1. The Kier molecular flexibility index (Phi) is 5.54. The zero-order chi connectivity index (χ0) is 20.1. The molecule has 0 unspecified atom stereocenters. The molecule has 1 heterocycles. The molecule has 2 amide bonds. The van der Waals surface area contributed by atoms with Gasteiger partial charge in [0.05, 0.1) is 22.7 Å². The maximum absolute atomic E-state index is 13.9. The monoisotopic (exact) mass is 399 g/mol. The number of urea groups is 1. The number of rotatable bonds is 4. The van der Waals surface area contributed by atoms with Gasteiger partial charge in [0.2, 0.25) is 0 Å². The van der Waals surface area contributed by atoms with Crippen molar-refractivity contribution in [3.63, 3.8) is 0 Å². The Bertz CT molecular complexity index is 1030. The predicted molar refractivity (Wildman–Crippen MR) is 118 cm³/mol. The standard InChI is InChI=1S/C24H18ClN3O/c25-19-11-13-22(14-12-19)28(23-15-17-26-18-16-23)24(29)27(20-7-3-1-4-8-20)21-9-5-2-6-10-21/h1-18H. The van der Waals surface area contributed by atoms with Crippen molar-refractivity contribution in [3.8, 4) is 0 Å². The molecule has 29 heavy (non-hydrogen) atoms. The summed E-state index contributed by atoms with van der Waals surface area (Å²) in [5.74, 6) is 0. The Labute approximate surface area is 174 Å². The molecule has 0 aliphatic rings. The molecule has 3 aromatic carbocycles. The van der Waals surface area contributed by atoms with E-state index in [-0.39, 0.29) is 6.03 Å². The maximum atomic E-state index is 13.9. The minimum atomic E-state index is -0.212. The number of nitrogens with zero attached hydrogens (tertiary/aromatic N) is 3. The second kappa shape index (κ2) is 8.59. The van der Waals surface area contributed by atoms with E-state index in [0.29, 0.717) is 16.4 Å². The highest BCUT2D eigenvalue weighted by Gasteiger charge is 2.26. The minimum Gasteiger partial charge on any atom is -0.265 e. The fraction of sp³-hybridized carbons (Fsp3) is 0. The molecule has 5 heteroatoms. The first kappa shape index (κ1) is 18.7. The number of halogens is 1. The Morgan fingerprint density at radius 3 is 1.48 bits per heavy atom. The number of hydrogen-bond donors (Lipinski definition) is 0. The number of carbonyl (C=O) groups excluding carboxylic acids is 1. The number of amides is 2. The summed E-state index contributed by atoms with van der Waals surface area (Å²) in [6, 6.07) is 29.8. The third-order valence-corrected chi connectivity index (χ3v) is 4.67. The molecule has 0 aliphatic carbocycles. The van der Waals surface area contributed by atoms with Crippen LogP contribution in [0.25, 0.3) is 0 Å². The molecule has 4 aromatic rings. The highest BCUT2D eigenvalue weighted by molar-refractivity contribution is 6.30. The van der Waals surface area contributed by atoms with Gasteiger partial charge in [0.15, 0.2) is 0 Å². The van der Waals surface area contributed by atoms with E-state index < -0.39 is 0 Å². The summed E-state index contributed by atoms with van der Waals surface area (Å²) in [6.45, 7) is 0. The van der Waals surface area contributed by atoms with Crippen LogP contribution in [0.2, 0.25) is 5.02 Å². The van der Waals surface area contributed by atoms with E-state index >= 15 is 0 Å². The quantitative estimate of drug-likeness (QED) is 0.377. The maximum Gasteiger partial charge on any atom is 0.338 e. The van der Waals surface area contributed by atoms with Crippen LogP contribution in [0.4, 0.5) is 27.5 Å². The van der Waals surface area contributed by atoms with Gasteiger partial charge in [-0.1, -0.05) is 48.0 Å². The summed E-state index contributed by atoms with van der Waals surface area (Å²) in [6.07, 6.45) is 3.34. The first-order valence-corrected chi connectivity index (χ1v) is 9.52. The second-order valence-electron chi connectivity index (χ2n) is 6.31. The Hall–Kier alpha value is -3.63. The van der Waals surface area contributed by atoms with Crippen molar-refractivity contribution in [2.75, 3.05) is 9.80 Å². The molecule has 0 spiro atoms. The SMILES string of the molecule is O=C(N(c1ccccc1)c1ccccc1)N(c1ccncc1)c1ccc(Cl)cc1. The molecule has 0 saturated heterocycles. The van der Waals surface area contributed by atoms with Crippen molar-refractivity contribution in [1.82, 2.24) is 4.98 Å². The molecule has 142 valence electrons. The molecule has 4 rings (SSSR count). The van der Waals surface area contributed by atoms with E-state index in [4.69, 9.17) is 11.6 Å². The van der Waals surface area contributed by atoms with E-state index in [1.807, 2.05) is 72.8 Å². The van der Waals surface area contributed by atoms with Crippen molar-refractivity contribution in [2.45, 2.75) is 0 Å². The van der Waals surface area contributed by atoms with E-state index in [1.54, 1.807) is 46.5 Å². The van der Waals surface area contributed by atoms with Crippen LogP contribution in [0.1, 0.15) is 0 Å². The summed E-state index contributed by atoms with van der Waals surface area (Å²) >= 11 is 6.07. The fourth-order valence-corrected chi connectivity index (χ4v) is 3.20. The molecule has 0 radical (unpaired) electrons. The summed E-state index contributed by atoms with van der Waals surface area (Å²) < 4.78 is 0. The van der Waals surface area contributed by atoms with Crippen LogP contribution in [0.5, 0.6) is 0 Å². The first-order chi connectivity index (χ1) is 14.2. The number of carbonyl (C=O) groups is 1. The minimum absolute atomic E-state index is 0.212. The molecule has 0 aliphatic heterocycles. The van der Waals surface area contributed by atoms with E-state index in [0.717, 1.165) is 11.4 Å².